The van der Waals surface area contributed by atoms with Gasteiger partial charge in [0.05, 0.1) is 12.2 Å². The Morgan fingerprint density at radius 3 is 2.34 bits per heavy atom. The smallest absolute Gasteiger partial charge is 0.407 e. The van der Waals surface area contributed by atoms with Crippen LogP contribution in [-0.2, 0) is 12.0 Å². The number of phenols is 1. The summed E-state index contributed by atoms with van der Waals surface area (Å²) in [4.78, 5) is 22.3. The minimum Gasteiger partial charge on any atom is -0.506 e. The van der Waals surface area contributed by atoms with Gasteiger partial charge in [0, 0.05) is 24.2 Å². The van der Waals surface area contributed by atoms with E-state index in [1.165, 1.54) is 17.0 Å². The first-order valence-corrected chi connectivity index (χ1v) is 9.50. The van der Waals surface area contributed by atoms with E-state index >= 15 is 0 Å². The quantitative estimate of drug-likeness (QED) is 0.549. The third-order valence-electron chi connectivity index (χ3n) is 4.38. The monoisotopic (exact) mass is 423 g/mol. The Morgan fingerprint density at radius 2 is 1.93 bits per heavy atom. The number of likely N-dealkylation sites (tertiary alicyclic amines) is 1. The minimum atomic E-state index is -0.786. The van der Waals surface area contributed by atoms with E-state index in [0.29, 0.717) is 23.0 Å². The summed E-state index contributed by atoms with van der Waals surface area (Å²) in [5.41, 5.74) is 6.46. The van der Waals surface area contributed by atoms with Crippen LogP contribution in [0, 0.1) is 0 Å². The highest BCUT2D eigenvalue weighted by atomic mass is 35.5. The Bertz CT molecular complexity index is 885. The van der Waals surface area contributed by atoms with E-state index in [1.807, 2.05) is 26.8 Å². The molecular formula is C20H26ClN3O5. The van der Waals surface area contributed by atoms with Crippen LogP contribution < -0.4 is 11.1 Å². The summed E-state index contributed by atoms with van der Waals surface area (Å²) in [6.45, 7) is 7.90. The molecule has 158 valence electrons. The maximum Gasteiger partial charge on any atom is 0.407 e. The number of halogens is 1. The molecule has 3 rings (SSSR count). The van der Waals surface area contributed by atoms with Gasteiger partial charge in [0.15, 0.2) is 5.76 Å². The number of furan rings is 1. The van der Waals surface area contributed by atoms with Crippen LogP contribution in [0.1, 0.15) is 49.1 Å². The molecule has 2 amide bonds. The fourth-order valence-corrected chi connectivity index (χ4v) is 3.02. The van der Waals surface area contributed by atoms with Crippen molar-refractivity contribution in [2.75, 3.05) is 18.4 Å². The van der Waals surface area contributed by atoms with Crippen LogP contribution in [0.5, 0.6) is 5.75 Å². The Labute approximate surface area is 174 Å². The first kappa shape index (κ1) is 22.4. The van der Waals surface area contributed by atoms with Gasteiger partial charge in [0.2, 0.25) is 0 Å². The van der Waals surface area contributed by atoms with E-state index in [0.717, 1.165) is 25.1 Å². The molecule has 0 saturated carbocycles. The first-order chi connectivity index (χ1) is 13.5. The van der Waals surface area contributed by atoms with Crippen LogP contribution in [-0.4, -0.2) is 40.2 Å². The number of carbonyl (C=O) groups excluding carboxylic acids is 1. The average molecular weight is 424 g/mol. The molecule has 1 aliphatic heterocycles. The molecule has 0 spiro atoms. The second kappa shape index (κ2) is 9.09. The van der Waals surface area contributed by atoms with Crippen LogP contribution >= 0.6 is 11.6 Å². The highest BCUT2D eigenvalue weighted by Gasteiger charge is 2.20. The van der Waals surface area contributed by atoms with E-state index < -0.39 is 12.0 Å². The number of primary amides is 1. The number of carbonyl (C=O) groups is 2. The highest BCUT2D eigenvalue weighted by Crippen LogP contribution is 2.37. The molecule has 0 aliphatic carbocycles. The molecule has 1 aromatic carbocycles. The maximum absolute atomic E-state index is 11.0. The highest BCUT2D eigenvalue weighted by molar-refractivity contribution is 6.31. The average Bonchev–Trinajstić information content (AvgIpc) is 3.00. The van der Waals surface area contributed by atoms with Crippen molar-refractivity contribution < 1.29 is 24.2 Å². The number of nitrogens with two attached hydrogens (primary N) is 1. The number of nitrogens with one attached hydrogen (secondary N) is 1. The van der Waals surface area contributed by atoms with Gasteiger partial charge in [-0.2, -0.15) is 0 Å². The number of anilines is 1. The van der Waals surface area contributed by atoms with Gasteiger partial charge >= 0.3 is 6.09 Å². The fourth-order valence-electron chi connectivity index (χ4n) is 2.57. The number of rotatable bonds is 4. The van der Waals surface area contributed by atoms with Crippen LogP contribution in [0.15, 0.2) is 28.7 Å². The SMILES string of the molecule is CC(C)(C)c1cc(NCc2ccc(C(N)=O)o2)c(O)cc1Cl.O=C(O)N1CCC1. The number of benzene rings is 1. The number of nitrogens with zero attached hydrogens (tertiary/aromatic N) is 1. The predicted molar refractivity (Wildman–Crippen MR) is 111 cm³/mol. The number of hydrogen-bond acceptors (Lipinski definition) is 5. The number of phenolic OH excluding ortho intramolecular Hbond substituents is 1. The number of aromatic hydroxyl groups is 1. The molecule has 1 fully saturated rings. The summed E-state index contributed by atoms with van der Waals surface area (Å²) in [6, 6.07) is 6.50. The molecule has 5 N–H and O–H groups in total. The molecular weight excluding hydrogens is 398 g/mol. The minimum absolute atomic E-state index is 0.0553. The largest absolute Gasteiger partial charge is 0.506 e. The summed E-state index contributed by atoms with van der Waals surface area (Å²) in [6.07, 6.45) is 0.248. The van der Waals surface area contributed by atoms with Crippen molar-refractivity contribution in [3.8, 4) is 5.75 Å². The van der Waals surface area contributed by atoms with Crippen molar-refractivity contribution >= 4 is 29.3 Å². The summed E-state index contributed by atoms with van der Waals surface area (Å²) in [5, 5.41) is 21.7. The maximum atomic E-state index is 11.0. The summed E-state index contributed by atoms with van der Waals surface area (Å²) in [5.74, 6) is 0.0863. The topological polar surface area (TPSA) is 129 Å². The molecule has 29 heavy (non-hydrogen) atoms. The predicted octanol–water partition coefficient (Wildman–Crippen LogP) is 4.02. The zero-order valence-corrected chi connectivity index (χ0v) is 17.4. The lowest BCUT2D eigenvalue weighted by molar-refractivity contribution is 0.0972. The molecule has 0 unspecified atom stereocenters. The molecule has 0 radical (unpaired) electrons. The zero-order valence-electron chi connectivity index (χ0n) is 16.7. The Balaban J connectivity index is 0.000000360. The van der Waals surface area contributed by atoms with E-state index in [-0.39, 0.29) is 16.9 Å². The van der Waals surface area contributed by atoms with Crippen LogP contribution in [0.3, 0.4) is 0 Å². The summed E-state index contributed by atoms with van der Waals surface area (Å²) < 4.78 is 5.28. The lowest BCUT2D eigenvalue weighted by Crippen LogP contribution is -2.40. The number of hydrogen-bond donors (Lipinski definition) is 4. The van der Waals surface area contributed by atoms with Crippen molar-refractivity contribution in [2.24, 2.45) is 5.73 Å². The van der Waals surface area contributed by atoms with Gasteiger partial charge < -0.3 is 30.6 Å². The van der Waals surface area contributed by atoms with Gasteiger partial charge in [0.1, 0.15) is 11.5 Å². The van der Waals surface area contributed by atoms with Gasteiger partial charge in [-0.15, -0.1) is 0 Å². The van der Waals surface area contributed by atoms with Gasteiger partial charge in [-0.3, -0.25) is 4.79 Å². The normalized spacial score (nSPS) is 13.2. The number of amides is 2. The van der Waals surface area contributed by atoms with Crippen molar-refractivity contribution in [1.29, 1.82) is 0 Å². The van der Waals surface area contributed by atoms with Crippen molar-refractivity contribution in [3.63, 3.8) is 0 Å². The molecule has 1 aromatic heterocycles. The third kappa shape index (κ3) is 6.05. The Hall–Kier alpha value is -2.87. The molecule has 2 aromatic rings. The Morgan fingerprint density at radius 1 is 1.28 bits per heavy atom. The summed E-state index contributed by atoms with van der Waals surface area (Å²) in [7, 11) is 0. The number of carboxylic acid groups (broad SMARTS) is 1. The second-order valence-electron chi connectivity index (χ2n) is 7.71. The van der Waals surface area contributed by atoms with Crippen molar-refractivity contribution in [2.45, 2.75) is 39.2 Å². The van der Waals surface area contributed by atoms with E-state index in [4.69, 9.17) is 26.9 Å². The van der Waals surface area contributed by atoms with Crippen LogP contribution in [0.25, 0.3) is 0 Å². The standard InChI is InChI=1S/C16H19ClN2O3.C4H7NO2/c1-16(2,3)10-6-12(13(20)7-11(10)17)19-8-9-4-5-14(22-9)15(18)21;6-4(7)5-2-1-3-5/h4-7,19-20H,8H2,1-3H3,(H2,18,21);1-3H2,(H,6,7). The van der Waals surface area contributed by atoms with Crippen LogP contribution in [0.2, 0.25) is 5.02 Å². The van der Waals surface area contributed by atoms with E-state index in [2.05, 4.69) is 5.32 Å². The lowest BCUT2D eigenvalue weighted by Gasteiger charge is -2.27. The van der Waals surface area contributed by atoms with Gasteiger partial charge in [0.25, 0.3) is 5.91 Å². The van der Waals surface area contributed by atoms with E-state index in [1.54, 1.807) is 6.07 Å². The lowest BCUT2D eigenvalue weighted by atomic mass is 9.86. The second-order valence-corrected chi connectivity index (χ2v) is 8.11. The van der Waals surface area contributed by atoms with Gasteiger partial charge in [-0.25, -0.2) is 4.79 Å². The zero-order chi connectivity index (χ0) is 21.8. The van der Waals surface area contributed by atoms with E-state index in [9.17, 15) is 14.7 Å². The Kier molecular flexibility index (Phi) is 7.02. The first-order valence-electron chi connectivity index (χ1n) is 9.12. The molecule has 9 heteroatoms. The van der Waals surface area contributed by atoms with Gasteiger partial charge in [-0.05, 0) is 35.6 Å². The molecule has 1 aliphatic rings. The van der Waals surface area contributed by atoms with Gasteiger partial charge in [-0.1, -0.05) is 32.4 Å². The fraction of sp³-hybridized carbons (Fsp3) is 0.400. The molecule has 1 saturated heterocycles. The van der Waals surface area contributed by atoms with Crippen molar-refractivity contribution in [3.05, 3.63) is 46.4 Å². The third-order valence-corrected chi connectivity index (χ3v) is 4.69. The molecule has 0 atom stereocenters. The molecule has 0 bridgehead atoms. The van der Waals surface area contributed by atoms with Crippen molar-refractivity contribution in [1.82, 2.24) is 4.90 Å². The molecule has 2 heterocycles. The molecule has 8 nitrogen and oxygen atoms in total. The summed E-state index contributed by atoms with van der Waals surface area (Å²) >= 11 is 6.18. The van der Waals surface area contributed by atoms with Crippen LogP contribution in [0.4, 0.5) is 10.5 Å².